The molecule has 2 aromatic carbocycles. The number of halogens is 1. The fraction of sp³-hybridized carbons (Fsp3) is 0.294. The van der Waals surface area contributed by atoms with Crippen LogP contribution in [-0.4, -0.2) is 6.54 Å². The van der Waals surface area contributed by atoms with Crippen molar-refractivity contribution in [3.05, 3.63) is 69.2 Å². The zero-order valence-electron chi connectivity index (χ0n) is 11.7. The van der Waals surface area contributed by atoms with E-state index in [0.29, 0.717) is 0 Å². The first-order valence-corrected chi connectivity index (χ1v) is 7.47. The van der Waals surface area contributed by atoms with Crippen LogP contribution in [0.5, 0.6) is 0 Å². The molecule has 2 heteroatoms. The summed E-state index contributed by atoms with van der Waals surface area (Å²) >= 11 is 3.66. The number of hydrogen-bond donors (Lipinski definition) is 1. The molecule has 100 valence electrons. The average molecular weight is 318 g/mol. The van der Waals surface area contributed by atoms with E-state index in [1.165, 1.54) is 22.3 Å². The van der Waals surface area contributed by atoms with Gasteiger partial charge in [0, 0.05) is 4.47 Å². The number of rotatable bonds is 4. The zero-order chi connectivity index (χ0) is 13.8. The molecule has 0 aliphatic heterocycles. The minimum atomic E-state index is 0.236. The maximum Gasteiger partial charge on any atom is 0.0587 e. The molecule has 0 aliphatic rings. The first-order valence-electron chi connectivity index (χ1n) is 6.68. The Morgan fingerprint density at radius 2 is 1.79 bits per heavy atom. The van der Waals surface area contributed by atoms with E-state index in [4.69, 9.17) is 0 Å². The molecule has 1 unspecified atom stereocenters. The minimum Gasteiger partial charge on any atom is -0.306 e. The molecule has 0 heterocycles. The Hall–Kier alpha value is -1.12. The van der Waals surface area contributed by atoms with Crippen LogP contribution in [0.1, 0.15) is 35.2 Å². The normalized spacial score (nSPS) is 12.4. The second-order valence-corrected chi connectivity index (χ2v) is 5.71. The van der Waals surface area contributed by atoms with Gasteiger partial charge in [0.25, 0.3) is 0 Å². The Labute approximate surface area is 124 Å². The van der Waals surface area contributed by atoms with Gasteiger partial charge < -0.3 is 5.32 Å². The highest BCUT2D eigenvalue weighted by molar-refractivity contribution is 9.10. The van der Waals surface area contributed by atoms with Gasteiger partial charge in [-0.15, -0.1) is 0 Å². The van der Waals surface area contributed by atoms with Gasteiger partial charge in [0.1, 0.15) is 0 Å². The molecule has 1 atom stereocenters. The summed E-state index contributed by atoms with van der Waals surface area (Å²) in [7, 11) is 0. The first kappa shape index (κ1) is 14.3. The van der Waals surface area contributed by atoms with Gasteiger partial charge in [-0.3, -0.25) is 0 Å². The van der Waals surface area contributed by atoms with Gasteiger partial charge >= 0.3 is 0 Å². The van der Waals surface area contributed by atoms with Crippen LogP contribution in [0.15, 0.2) is 46.9 Å². The summed E-state index contributed by atoms with van der Waals surface area (Å²) in [5, 5.41) is 3.57. The molecule has 1 N–H and O–H groups in total. The van der Waals surface area contributed by atoms with Crippen molar-refractivity contribution < 1.29 is 0 Å². The van der Waals surface area contributed by atoms with Crippen molar-refractivity contribution in [2.45, 2.75) is 26.8 Å². The lowest BCUT2D eigenvalue weighted by Crippen LogP contribution is -2.22. The van der Waals surface area contributed by atoms with Crippen molar-refractivity contribution >= 4 is 15.9 Å². The molecule has 0 saturated carbocycles. The predicted molar refractivity (Wildman–Crippen MR) is 85.6 cm³/mol. The van der Waals surface area contributed by atoms with Crippen LogP contribution in [0.3, 0.4) is 0 Å². The molecule has 0 aliphatic carbocycles. The third kappa shape index (κ3) is 3.26. The van der Waals surface area contributed by atoms with Crippen LogP contribution >= 0.6 is 15.9 Å². The monoisotopic (exact) mass is 317 g/mol. The van der Waals surface area contributed by atoms with Crippen molar-refractivity contribution in [1.29, 1.82) is 0 Å². The number of nitrogens with one attached hydrogen (secondary N) is 1. The van der Waals surface area contributed by atoms with E-state index in [1.54, 1.807) is 0 Å². The predicted octanol–water partition coefficient (Wildman–Crippen LogP) is 4.76. The Morgan fingerprint density at radius 3 is 2.42 bits per heavy atom. The molecule has 0 bridgehead atoms. The average Bonchev–Trinajstić information content (AvgIpc) is 2.40. The maximum atomic E-state index is 3.66. The molecular formula is C17H20BrN. The lowest BCUT2D eigenvalue weighted by atomic mass is 9.95. The molecule has 0 amide bonds. The summed E-state index contributed by atoms with van der Waals surface area (Å²) < 4.78 is 1.15. The Bertz CT molecular complexity index is 563. The van der Waals surface area contributed by atoms with Gasteiger partial charge in [-0.05, 0) is 48.7 Å². The molecular weight excluding hydrogens is 298 g/mol. The fourth-order valence-corrected chi connectivity index (χ4v) is 2.78. The van der Waals surface area contributed by atoms with Crippen LogP contribution in [0, 0.1) is 13.8 Å². The second-order valence-electron chi connectivity index (χ2n) is 4.86. The van der Waals surface area contributed by atoms with E-state index < -0.39 is 0 Å². The Kier molecular flexibility index (Phi) is 4.78. The Morgan fingerprint density at radius 1 is 1.05 bits per heavy atom. The van der Waals surface area contributed by atoms with Crippen LogP contribution in [0.4, 0.5) is 0 Å². The van der Waals surface area contributed by atoms with Crippen LogP contribution in [-0.2, 0) is 0 Å². The molecule has 0 spiro atoms. The molecule has 0 radical (unpaired) electrons. The maximum absolute atomic E-state index is 3.66. The van der Waals surface area contributed by atoms with Gasteiger partial charge in [0.15, 0.2) is 0 Å². The van der Waals surface area contributed by atoms with E-state index in [2.05, 4.69) is 84.5 Å². The van der Waals surface area contributed by atoms with E-state index in [1.807, 2.05) is 0 Å². The molecule has 2 rings (SSSR count). The van der Waals surface area contributed by atoms with Crippen LogP contribution in [0.2, 0.25) is 0 Å². The number of hydrogen-bond acceptors (Lipinski definition) is 1. The summed E-state index contributed by atoms with van der Waals surface area (Å²) in [4.78, 5) is 0. The highest BCUT2D eigenvalue weighted by Crippen LogP contribution is 2.29. The number of aryl methyl sites for hydroxylation is 2. The highest BCUT2D eigenvalue weighted by Gasteiger charge is 2.15. The quantitative estimate of drug-likeness (QED) is 0.856. The molecule has 0 saturated heterocycles. The van der Waals surface area contributed by atoms with Crippen LogP contribution < -0.4 is 5.32 Å². The van der Waals surface area contributed by atoms with E-state index in [9.17, 15) is 0 Å². The van der Waals surface area contributed by atoms with Gasteiger partial charge in [-0.2, -0.15) is 0 Å². The van der Waals surface area contributed by atoms with Crippen molar-refractivity contribution in [2.24, 2.45) is 0 Å². The summed E-state index contributed by atoms with van der Waals surface area (Å²) in [5.41, 5.74) is 5.28. The molecule has 2 aromatic rings. The summed E-state index contributed by atoms with van der Waals surface area (Å²) in [6.45, 7) is 7.41. The van der Waals surface area contributed by atoms with E-state index in [0.717, 1.165) is 11.0 Å². The van der Waals surface area contributed by atoms with Gasteiger partial charge in [-0.25, -0.2) is 0 Å². The van der Waals surface area contributed by atoms with E-state index >= 15 is 0 Å². The molecule has 19 heavy (non-hydrogen) atoms. The minimum absolute atomic E-state index is 0.236. The van der Waals surface area contributed by atoms with Crippen molar-refractivity contribution in [2.75, 3.05) is 6.54 Å². The first-order chi connectivity index (χ1) is 9.13. The van der Waals surface area contributed by atoms with Gasteiger partial charge in [-0.1, -0.05) is 59.3 Å². The fourth-order valence-electron chi connectivity index (χ4n) is 2.26. The van der Waals surface area contributed by atoms with Crippen molar-refractivity contribution in [3.63, 3.8) is 0 Å². The largest absolute Gasteiger partial charge is 0.306 e. The molecule has 1 nitrogen and oxygen atoms in total. The Balaban J connectivity index is 2.45. The van der Waals surface area contributed by atoms with Crippen LogP contribution in [0.25, 0.3) is 0 Å². The van der Waals surface area contributed by atoms with Gasteiger partial charge in [0.2, 0.25) is 0 Å². The molecule has 0 aromatic heterocycles. The molecule has 0 fully saturated rings. The topological polar surface area (TPSA) is 12.0 Å². The van der Waals surface area contributed by atoms with E-state index in [-0.39, 0.29) is 6.04 Å². The highest BCUT2D eigenvalue weighted by atomic mass is 79.9. The smallest absolute Gasteiger partial charge is 0.0587 e. The standard InChI is InChI=1S/C17H20BrN/c1-4-19-17(15-7-5-6-8-16(15)18)14-10-9-12(2)13(3)11-14/h5-11,17,19H,4H2,1-3H3. The van der Waals surface area contributed by atoms with Gasteiger partial charge in [0.05, 0.1) is 6.04 Å². The third-order valence-electron chi connectivity index (χ3n) is 3.49. The third-order valence-corrected chi connectivity index (χ3v) is 4.21. The SMILES string of the molecule is CCNC(c1ccc(C)c(C)c1)c1ccccc1Br. The zero-order valence-corrected chi connectivity index (χ0v) is 13.3. The van der Waals surface area contributed by atoms with Crippen molar-refractivity contribution in [3.8, 4) is 0 Å². The van der Waals surface area contributed by atoms with Crippen molar-refractivity contribution in [1.82, 2.24) is 5.32 Å². The lowest BCUT2D eigenvalue weighted by molar-refractivity contribution is 0.628. The lowest BCUT2D eigenvalue weighted by Gasteiger charge is -2.21. The number of benzene rings is 2. The summed E-state index contributed by atoms with van der Waals surface area (Å²) in [6.07, 6.45) is 0. The summed E-state index contributed by atoms with van der Waals surface area (Å²) in [5.74, 6) is 0. The summed E-state index contributed by atoms with van der Waals surface area (Å²) in [6, 6.07) is 15.3. The second kappa shape index (κ2) is 6.36.